The second kappa shape index (κ2) is 7.34. The van der Waals surface area contributed by atoms with Gasteiger partial charge in [0, 0.05) is 26.4 Å². The van der Waals surface area contributed by atoms with E-state index in [1.165, 1.54) is 36.3 Å². The number of carbonyl (C=O) groups excluding carboxylic acids is 1. The quantitative estimate of drug-likeness (QED) is 0.811. The molecule has 0 spiro atoms. The lowest BCUT2D eigenvalue weighted by molar-refractivity contribution is -0.135. The molecule has 0 saturated heterocycles. The van der Waals surface area contributed by atoms with Gasteiger partial charge < -0.3 is 19.8 Å². The second-order valence-corrected chi connectivity index (χ2v) is 4.19. The van der Waals surface area contributed by atoms with Crippen LogP contribution in [0.2, 0.25) is 0 Å². The van der Waals surface area contributed by atoms with E-state index in [-0.39, 0.29) is 5.75 Å². The van der Waals surface area contributed by atoms with Gasteiger partial charge in [-0.2, -0.15) is 0 Å². The van der Waals surface area contributed by atoms with Crippen LogP contribution in [0, 0.1) is 0 Å². The number of carboxylic acid groups (broad SMARTS) is 1. The minimum absolute atomic E-state index is 0.0456. The van der Waals surface area contributed by atoms with Crippen molar-refractivity contribution >= 4 is 17.7 Å². The Morgan fingerprint density at radius 2 is 1.85 bits per heavy atom. The topological polar surface area (TPSA) is 90.3 Å². The number of likely N-dealkylation sites (N-methyl/N-ethyl adjacent to an activating group) is 1. The maximum atomic E-state index is 12.2. The summed E-state index contributed by atoms with van der Waals surface area (Å²) in [6.07, 6.45) is 0. The number of nitrogens with zero attached hydrogens (tertiary/aromatic N) is 2. The van der Waals surface area contributed by atoms with Crippen molar-refractivity contribution in [1.82, 2.24) is 4.90 Å². The molecule has 0 unspecified atom stereocenters. The van der Waals surface area contributed by atoms with Gasteiger partial charge in [0.05, 0.1) is 6.61 Å². The molecule has 0 heterocycles. The van der Waals surface area contributed by atoms with E-state index in [1.54, 1.807) is 7.05 Å². The van der Waals surface area contributed by atoms with Gasteiger partial charge in [0.1, 0.15) is 12.3 Å². The van der Waals surface area contributed by atoms with Gasteiger partial charge >= 0.3 is 12.0 Å². The summed E-state index contributed by atoms with van der Waals surface area (Å²) in [6.45, 7) is 0.253. The summed E-state index contributed by atoms with van der Waals surface area (Å²) >= 11 is 0. The number of phenols is 1. The normalized spacial score (nSPS) is 10.1. The molecule has 0 fully saturated rings. The van der Waals surface area contributed by atoms with Crippen LogP contribution in [0.15, 0.2) is 24.3 Å². The van der Waals surface area contributed by atoms with E-state index in [9.17, 15) is 14.7 Å². The Kier molecular flexibility index (Phi) is 5.79. The van der Waals surface area contributed by atoms with Gasteiger partial charge in [-0.1, -0.05) is 0 Å². The number of ether oxygens (including phenoxy) is 1. The molecule has 0 radical (unpaired) electrons. The Morgan fingerprint density at radius 3 is 2.35 bits per heavy atom. The maximum Gasteiger partial charge on any atom is 0.324 e. The fraction of sp³-hybridized carbons (Fsp3) is 0.385. The number of phenolic OH excluding ortho intramolecular Hbond substituents is 1. The number of aromatic hydroxyl groups is 1. The number of rotatable bonds is 6. The molecule has 0 aliphatic rings. The molecule has 0 aliphatic heterocycles. The zero-order valence-corrected chi connectivity index (χ0v) is 11.4. The summed E-state index contributed by atoms with van der Waals surface area (Å²) in [7, 11) is 3.09. The molecule has 20 heavy (non-hydrogen) atoms. The fourth-order valence-corrected chi connectivity index (χ4v) is 1.57. The van der Waals surface area contributed by atoms with Gasteiger partial charge in [0.2, 0.25) is 0 Å². The van der Waals surface area contributed by atoms with Crippen molar-refractivity contribution in [1.29, 1.82) is 0 Å². The van der Waals surface area contributed by atoms with E-state index >= 15 is 0 Å². The first kappa shape index (κ1) is 15.8. The molecule has 7 heteroatoms. The largest absolute Gasteiger partial charge is 0.508 e. The number of urea groups is 1. The van der Waals surface area contributed by atoms with Crippen LogP contribution in [0.1, 0.15) is 0 Å². The van der Waals surface area contributed by atoms with Gasteiger partial charge in [-0.15, -0.1) is 0 Å². The fourth-order valence-electron chi connectivity index (χ4n) is 1.57. The van der Waals surface area contributed by atoms with E-state index in [4.69, 9.17) is 9.84 Å². The third-order valence-electron chi connectivity index (χ3n) is 2.64. The predicted molar refractivity (Wildman–Crippen MR) is 73.0 cm³/mol. The van der Waals surface area contributed by atoms with Gasteiger partial charge in [-0.25, -0.2) is 4.79 Å². The van der Waals surface area contributed by atoms with Crippen LogP contribution in [-0.2, 0) is 9.53 Å². The molecular weight excluding hydrogens is 264 g/mol. The van der Waals surface area contributed by atoms with Crippen molar-refractivity contribution in [3.8, 4) is 5.75 Å². The number of amides is 2. The van der Waals surface area contributed by atoms with Gasteiger partial charge in [0.25, 0.3) is 0 Å². The van der Waals surface area contributed by atoms with Crippen molar-refractivity contribution in [3.05, 3.63) is 24.3 Å². The Morgan fingerprint density at radius 1 is 1.25 bits per heavy atom. The van der Waals surface area contributed by atoms with Crippen molar-refractivity contribution in [2.75, 3.05) is 38.8 Å². The Bertz CT molecular complexity index is 460. The highest BCUT2D eigenvalue weighted by Gasteiger charge is 2.22. The molecule has 7 nitrogen and oxygen atoms in total. The van der Waals surface area contributed by atoms with E-state index in [1.807, 2.05) is 0 Å². The van der Waals surface area contributed by atoms with Crippen molar-refractivity contribution < 1.29 is 24.5 Å². The van der Waals surface area contributed by atoms with Crippen molar-refractivity contribution in [3.63, 3.8) is 0 Å². The van der Waals surface area contributed by atoms with Crippen LogP contribution in [0.4, 0.5) is 10.5 Å². The summed E-state index contributed by atoms with van der Waals surface area (Å²) < 4.78 is 4.88. The van der Waals surface area contributed by atoms with Crippen LogP contribution >= 0.6 is 0 Å². The summed E-state index contributed by atoms with van der Waals surface area (Å²) in [6, 6.07) is 5.31. The van der Waals surface area contributed by atoms with Gasteiger partial charge in [-0.05, 0) is 24.3 Å². The molecule has 1 aromatic carbocycles. The van der Waals surface area contributed by atoms with E-state index < -0.39 is 18.5 Å². The van der Waals surface area contributed by atoms with E-state index in [0.717, 1.165) is 4.90 Å². The molecule has 2 amide bonds. The molecule has 110 valence electrons. The van der Waals surface area contributed by atoms with Crippen LogP contribution in [0.3, 0.4) is 0 Å². The highest BCUT2D eigenvalue weighted by molar-refractivity contribution is 5.96. The first-order valence-corrected chi connectivity index (χ1v) is 5.98. The third-order valence-corrected chi connectivity index (χ3v) is 2.64. The number of methoxy groups -OCH3 is 1. The average Bonchev–Trinajstić information content (AvgIpc) is 2.42. The number of anilines is 1. The number of benzene rings is 1. The van der Waals surface area contributed by atoms with Crippen molar-refractivity contribution in [2.24, 2.45) is 0 Å². The minimum Gasteiger partial charge on any atom is -0.508 e. The zero-order chi connectivity index (χ0) is 15.1. The monoisotopic (exact) mass is 282 g/mol. The molecule has 0 saturated carbocycles. The Hall–Kier alpha value is -2.28. The molecular formula is C13H18N2O5. The number of carbonyl (C=O) groups is 2. The van der Waals surface area contributed by atoms with Crippen LogP contribution in [-0.4, -0.2) is 61.0 Å². The number of hydrogen-bond acceptors (Lipinski definition) is 4. The summed E-state index contributed by atoms with van der Waals surface area (Å²) in [5, 5.41) is 18.2. The molecule has 1 aromatic rings. The van der Waals surface area contributed by atoms with Crippen LogP contribution in [0.5, 0.6) is 5.75 Å². The molecule has 0 bridgehead atoms. The predicted octanol–water partition coefficient (Wildman–Crippen LogP) is 0.981. The summed E-state index contributed by atoms with van der Waals surface area (Å²) in [5.74, 6) is -1.07. The van der Waals surface area contributed by atoms with E-state index in [0.29, 0.717) is 18.8 Å². The van der Waals surface area contributed by atoms with Crippen LogP contribution < -0.4 is 4.90 Å². The van der Waals surface area contributed by atoms with Gasteiger partial charge in [0.15, 0.2) is 0 Å². The first-order valence-electron chi connectivity index (χ1n) is 5.98. The number of hydrogen-bond donors (Lipinski definition) is 2. The number of carboxylic acids is 1. The number of aliphatic carboxylic acids is 1. The molecule has 2 N–H and O–H groups in total. The third kappa shape index (κ3) is 4.43. The Balaban J connectivity index is 2.91. The smallest absolute Gasteiger partial charge is 0.324 e. The maximum absolute atomic E-state index is 12.2. The average molecular weight is 282 g/mol. The lowest BCUT2D eigenvalue weighted by Gasteiger charge is -2.27. The minimum atomic E-state index is -1.12. The molecule has 0 aliphatic carbocycles. The lowest BCUT2D eigenvalue weighted by Crippen LogP contribution is -2.44. The van der Waals surface area contributed by atoms with Crippen molar-refractivity contribution in [2.45, 2.75) is 0 Å². The zero-order valence-electron chi connectivity index (χ0n) is 11.4. The lowest BCUT2D eigenvalue weighted by atomic mass is 10.2. The highest BCUT2D eigenvalue weighted by atomic mass is 16.5. The first-order chi connectivity index (χ1) is 9.45. The van der Waals surface area contributed by atoms with Gasteiger partial charge in [-0.3, -0.25) is 9.69 Å². The Labute approximate surface area is 117 Å². The molecule has 0 aromatic heterocycles. The summed E-state index contributed by atoms with van der Waals surface area (Å²) in [4.78, 5) is 25.6. The van der Waals surface area contributed by atoms with Crippen LogP contribution in [0.25, 0.3) is 0 Å². The summed E-state index contributed by atoms with van der Waals surface area (Å²) in [5.41, 5.74) is 0.402. The SMILES string of the molecule is COCCN(C)C(=O)N(CC(=O)O)c1ccc(O)cc1. The molecule has 0 atom stereocenters. The standard InChI is InChI=1S/C13H18N2O5/c1-14(7-8-20-2)13(19)15(9-12(17)18)10-3-5-11(16)6-4-10/h3-6,16H,7-9H2,1-2H3,(H,17,18). The second-order valence-electron chi connectivity index (χ2n) is 4.19. The van der Waals surface area contributed by atoms with E-state index in [2.05, 4.69) is 0 Å². The molecule has 1 rings (SSSR count). The highest BCUT2D eigenvalue weighted by Crippen LogP contribution is 2.19.